The van der Waals surface area contributed by atoms with E-state index in [-0.39, 0.29) is 30.7 Å². The van der Waals surface area contributed by atoms with E-state index in [0.717, 1.165) is 25.7 Å². The largest absolute Gasteiger partial charge is 0.493 e. The Morgan fingerprint density at radius 3 is 2.40 bits per heavy atom. The Balaban J connectivity index is 1.49. The third-order valence-corrected chi connectivity index (χ3v) is 4.96. The molecule has 0 radical (unpaired) electrons. The minimum absolute atomic E-state index is 0.0721. The highest BCUT2D eigenvalue weighted by atomic mass is 16.5. The molecule has 2 aromatic rings. The number of hydrogen-bond donors (Lipinski definition) is 2. The predicted octanol–water partition coefficient (Wildman–Crippen LogP) is 4.14. The van der Waals surface area contributed by atoms with Crippen LogP contribution in [0, 0.1) is 11.3 Å². The van der Waals surface area contributed by atoms with Gasteiger partial charge in [0.2, 0.25) is 11.8 Å². The first kappa shape index (κ1) is 21.2. The number of ether oxygens (including phenoxy) is 2. The number of nitrogens with one attached hydrogen (secondary N) is 2. The smallest absolute Gasteiger partial charge is 0.224 e. The Morgan fingerprint density at radius 1 is 1.03 bits per heavy atom. The van der Waals surface area contributed by atoms with Crippen molar-refractivity contribution in [1.82, 2.24) is 5.32 Å². The maximum atomic E-state index is 12.1. The van der Waals surface area contributed by atoms with E-state index in [1.807, 2.05) is 0 Å². The summed E-state index contributed by atoms with van der Waals surface area (Å²) in [5, 5.41) is 14.7. The molecule has 0 saturated heterocycles. The molecular formula is C23H25N3O4. The fourth-order valence-electron chi connectivity index (χ4n) is 3.38. The van der Waals surface area contributed by atoms with Gasteiger partial charge in [-0.3, -0.25) is 9.59 Å². The van der Waals surface area contributed by atoms with Crippen LogP contribution in [0.4, 0.5) is 5.69 Å². The van der Waals surface area contributed by atoms with Gasteiger partial charge in [-0.25, -0.2) is 0 Å². The van der Waals surface area contributed by atoms with Crippen molar-refractivity contribution in [2.45, 2.75) is 44.6 Å². The molecule has 0 aromatic heterocycles. The number of carbonyl (C=O) groups excluding carboxylic acids is 2. The standard InChI is InChI=1S/C23H25N3O4/c1-29-21-14-16(15-24)6-11-20(21)30-19-9-7-18(8-10-19)26-23(28)13-12-22(27)25-17-4-2-3-5-17/h6-11,14,17H,2-5,12-13H2,1H3,(H,25,27)(H,26,28). The van der Waals surface area contributed by atoms with Gasteiger partial charge in [-0.2, -0.15) is 5.26 Å². The average Bonchev–Trinajstić information content (AvgIpc) is 3.27. The van der Waals surface area contributed by atoms with Crippen LogP contribution in [0.2, 0.25) is 0 Å². The minimum atomic E-state index is -0.209. The van der Waals surface area contributed by atoms with Crippen molar-refractivity contribution in [2.75, 3.05) is 12.4 Å². The third-order valence-electron chi connectivity index (χ3n) is 4.96. The molecule has 156 valence electrons. The van der Waals surface area contributed by atoms with Crippen LogP contribution < -0.4 is 20.1 Å². The van der Waals surface area contributed by atoms with Crippen LogP contribution in [0.5, 0.6) is 17.2 Å². The van der Waals surface area contributed by atoms with E-state index in [9.17, 15) is 9.59 Å². The van der Waals surface area contributed by atoms with Crippen molar-refractivity contribution in [3.05, 3.63) is 48.0 Å². The molecule has 0 atom stereocenters. The number of anilines is 1. The molecule has 0 heterocycles. The lowest BCUT2D eigenvalue weighted by molar-refractivity contribution is -0.124. The van der Waals surface area contributed by atoms with E-state index < -0.39 is 0 Å². The van der Waals surface area contributed by atoms with Crippen molar-refractivity contribution >= 4 is 17.5 Å². The number of rotatable bonds is 8. The molecule has 30 heavy (non-hydrogen) atoms. The molecular weight excluding hydrogens is 382 g/mol. The number of benzene rings is 2. The summed E-state index contributed by atoms with van der Waals surface area (Å²) in [4.78, 5) is 24.0. The first-order valence-electron chi connectivity index (χ1n) is 10.0. The molecule has 1 saturated carbocycles. The van der Waals surface area contributed by atoms with Crippen molar-refractivity contribution < 1.29 is 19.1 Å². The third kappa shape index (κ3) is 5.98. The summed E-state index contributed by atoms with van der Waals surface area (Å²) in [5.74, 6) is 1.23. The van der Waals surface area contributed by atoms with Crippen molar-refractivity contribution in [2.24, 2.45) is 0 Å². The van der Waals surface area contributed by atoms with E-state index in [1.54, 1.807) is 42.5 Å². The zero-order chi connectivity index (χ0) is 21.3. The second kappa shape index (κ2) is 10.3. The predicted molar refractivity (Wildman–Crippen MR) is 112 cm³/mol. The molecule has 7 heteroatoms. The topological polar surface area (TPSA) is 100 Å². The van der Waals surface area contributed by atoms with Crippen molar-refractivity contribution in [3.8, 4) is 23.3 Å². The van der Waals surface area contributed by atoms with E-state index in [2.05, 4.69) is 16.7 Å². The Hall–Kier alpha value is -3.53. The molecule has 0 spiro atoms. The Kier molecular flexibility index (Phi) is 7.28. The lowest BCUT2D eigenvalue weighted by Gasteiger charge is -2.12. The quantitative estimate of drug-likeness (QED) is 0.685. The zero-order valence-corrected chi connectivity index (χ0v) is 16.9. The van der Waals surface area contributed by atoms with Crippen LogP contribution in [0.15, 0.2) is 42.5 Å². The normalized spacial score (nSPS) is 13.3. The molecule has 3 rings (SSSR count). The monoisotopic (exact) mass is 407 g/mol. The Labute approximate surface area is 176 Å². The maximum Gasteiger partial charge on any atom is 0.224 e. The van der Waals surface area contributed by atoms with Gasteiger partial charge in [-0.15, -0.1) is 0 Å². The fraction of sp³-hybridized carbons (Fsp3) is 0.348. The fourth-order valence-corrected chi connectivity index (χ4v) is 3.38. The summed E-state index contributed by atoms with van der Waals surface area (Å²) < 4.78 is 11.1. The minimum Gasteiger partial charge on any atom is -0.493 e. The molecule has 0 aliphatic heterocycles. The Morgan fingerprint density at radius 2 is 1.73 bits per heavy atom. The molecule has 2 N–H and O–H groups in total. The van der Waals surface area contributed by atoms with Gasteiger partial charge >= 0.3 is 0 Å². The van der Waals surface area contributed by atoms with Gasteiger partial charge in [0, 0.05) is 30.6 Å². The lowest BCUT2D eigenvalue weighted by Crippen LogP contribution is -2.33. The lowest BCUT2D eigenvalue weighted by atomic mass is 10.2. The zero-order valence-electron chi connectivity index (χ0n) is 16.9. The van der Waals surface area contributed by atoms with Crippen LogP contribution in [-0.2, 0) is 9.59 Å². The van der Waals surface area contributed by atoms with Gasteiger partial charge in [-0.1, -0.05) is 12.8 Å². The number of nitrogens with zero attached hydrogens (tertiary/aromatic N) is 1. The highest BCUT2D eigenvalue weighted by molar-refractivity contribution is 5.93. The maximum absolute atomic E-state index is 12.1. The number of carbonyl (C=O) groups is 2. The van der Waals surface area contributed by atoms with Crippen LogP contribution >= 0.6 is 0 Å². The first-order chi connectivity index (χ1) is 14.6. The first-order valence-corrected chi connectivity index (χ1v) is 10.0. The Bertz CT molecular complexity index is 928. The van der Waals surface area contributed by atoms with Crippen molar-refractivity contribution in [1.29, 1.82) is 5.26 Å². The molecule has 1 fully saturated rings. The highest BCUT2D eigenvalue weighted by Crippen LogP contribution is 2.32. The van der Waals surface area contributed by atoms with Gasteiger partial charge < -0.3 is 20.1 Å². The summed E-state index contributed by atoms with van der Waals surface area (Å²) in [7, 11) is 1.51. The van der Waals surface area contributed by atoms with Gasteiger partial charge in [0.1, 0.15) is 5.75 Å². The van der Waals surface area contributed by atoms with Crippen LogP contribution in [0.1, 0.15) is 44.1 Å². The molecule has 2 aromatic carbocycles. The van der Waals surface area contributed by atoms with Gasteiger partial charge in [0.15, 0.2) is 11.5 Å². The average molecular weight is 407 g/mol. The van der Waals surface area contributed by atoms with E-state index >= 15 is 0 Å². The second-order valence-electron chi connectivity index (χ2n) is 7.20. The molecule has 7 nitrogen and oxygen atoms in total. The highest BCUT2D eigenvalue weighted by Gasteiger charge is 2.17. The van der Waals surface area contributed by atoms with Crippen LogP contribution in [0.25, 0.3) is 0 Å². The molecule has 2 amide bonds. The SMILES string of the molecule is COc1cc(C#N)ccc1Oc1ccc(NC(=O)CCC(=O)NC2CCCC2)cc1. The van der Waals surface area contributed by atoms with Gasteiger partial charge in [0.25, 0.3) is 0 Å². The summed E-state index contributed by atoms with van der Waals surface area (Å²) in [6.07, 6.45) is 4.69. The van der Waals surface area contributed by atoms with Crippen LogP contribution in [-0.4, -0.2) is 25.0 Å². The van der Waals surface area contributed by atoms with E-state index in [0.29, 0.717) is 28.5 Å². The van der Waals surface area contributed by atoms with Crippen molar-refractivity contribution in [3.63, 3.8) is 0 Å². The van der Waals surface area contributed by atoms with E-state index in [4.69, 9.17) is 14.7 Å². The molecule has 0 unspecified atom stereocenters. The van der Waals surface area contributed by atoms with Gasteiger partial charge in [-0.05, 0) is 49.2 Å². The number of amides is 2. The number of methoxy groups -OCH3 is 1. The summed E-state index contributed by atoms with van der Waals surface area (Å²) in [5.41, 5.74) is 1.10. The van der Waals surface area contributed by atoms with Gasteiger partial charge in [0.05, 0.1) is 18.7 Å². The van der Waals surface area contributed by atoms with E-state index in [1.165, 1.54) is 7.11 Å². The van der Waals surface area contributed by atoms with Crippen LogP contribution in [0.3, 0.4) is 0 Å². The second-order valence-corrected chi connectivity index (χ2v) is 7.20. The number of hydrogen-bond acceptors (Lipinski definition) is 5. The summed E-state index contributed by atoms with van der Waals surface area (Å²) in [6.45, 7) is 0. The summed E-state index contributed by atoms with van der Waals surface area (Å²) in [6, 6.07) is 14.1. The summed E-state index contributed by atoms with van der Waals surface area (Å²) >= 11 is 0. The number of nitriles is 1. The molecule has 1 aliphatic carbocycles. The molecule has 0 bridgehead atoms. The molecule has 1 aliphatic rings.